The van der Waals surface area contributed by atoms with Crippen LogP contribution < -0.4 is 5.32 Å². The molecule has 1 aromatic heterocycles. The van der Waals surface area contributed by atoms with Gasteiger partial charge in [0.2, 0.25) is 5.91 Å². The lowest BCUT2D eigenvalue weighted by atomic mass is 9.90. The number of nitrogens with one attached hydrogen (secondary N) is 1. The fourth-order valence-corrected chi connectivity index (χ4v) is 4.85. The van der Waals surface area contributed by atoms with Crippen molar-refractivity contribution in [3.8, 4) is 6.07 Å². The van der Waals surface area contributed by atoms with Crippen molar-refractivity contribution < 1.29 is 19.4 Å². The van der Waals surface area contributed by atoms with Gasteiger partial charge in [-0.15, -0.1) is 11.8 Å². The van der Waals surface area contributed by atoms with E-state index in [1.165, 1.54) is 11.8 Å². The number of hydrogen-bond acceptors (Lipinski definition) is 7. The summed E-state index contributed by atoms with van der Waals surface area (Å²) in [6.45, 7) is 0.686. The highest BCUT2D eigenvalue weighted by molar-refractivity contribution is 8.04. The van der Waals surface area contributed by atoms with Crippen LogP contribution in [0.3, 0.4) is 0 Å². The molecule has 1 fully saturated rings. The van der Waals surface area contributed by atoms with Crippen LogP contribution in [-0.2, 0) is 16.0 Å². The molecule has 8 nitrogen and oxygen atoms in total. The molecule has 2 N–H and O–H groups in total. The predicted molar refractivity (Wildman–Crippen MR) is 103 cm³/mol. The molecule has 148 valence electrons. The van der Waals surface area contributed by atoms with Gasteiger partial charge in [0, 0.05) is 43.1 Å². The Labute approximate surface area is 167 Å². The lowest BCUT2D eigenvalue weighted by molar-refractivity contribution is -0.120. The lowest BCUT2D eigenvalue weighted by Gasteiger charge is -2.33. The first kappa shape index (κ1) is 20.2. The molecule has 2 aliphatic rings. The molecule has 1 saturated heterocycles. The first-order chi connectivity index (χ1) is 13.6. The number of nitrogens with zero attached hydrogens (tertiary/aromatic N) is 3. The van der Waals surface area contributed by atoms with Crippen LogP contribution in [-0.4, -0.2) is 58.5 Å². The molecule has 0 radical (unpaired) electrons. The molecule has 2 atom stereocenters. The topological polar surface area (TPSA) is 116 Å². The van der Waals surface area contributed by atoms with Gasteiger partial charge in [0.1, 0.15) is 6.61 Å². The molecule has 2 aliphatic heterocycles. The number of ether oxygens (including phenoxy) is 1. The van der Waals surface area contributed by atoms with E-state index in [1.54, 1.807) is 17.3 Å². The van der Waals surface area contributed by atoms with E-state index in [2.05, 4.69) is 16.4 Å². The lowest BCUT2D eigenvalue weighted by Crippen LogP contribution is -2.44. The van der Waals surface area contributed by atoms with Gasteiger partial charge in [-0.2, -0.15) is 5.26 Å². The van der Waals surface area contributed by atoms with Gasteiger partial charge in [-0.25, -0.2) is 4.79 Å². The number of aryl methyl sites for hydroxylation is 1. The number of thioether (sulfide) groups is 1. The molecule has 0 aliphatic carbocycles. The Bertz CT molecular complexity index is 793. The summed E-state index contributed by atoms with van der Waals surface area (Å²) in [7, 11) is 0. The summed E-state index contributed by atoms with van der Waals surface area (Å²) in [5.41, 5.74) is 1.57. The van der Waals surface area contributed by atoms with Gasteiger partial charge in [0.25, 0.3) is 0 Å². The molecule has 0 aromatic carbocycles. The van der Waals surface area contributed by atoms with Crippen LogP contribution in [0, 0.1) is 17.2 Å². The number of carbonyl (C=O) groups is 2. The number of piperidine rings is 1. The van der Waals surface area contributed by atoms with Crippen molar-refractivity contribution in [1.82, 2.24) is 15.2 Å². The predicted octanol–water partition coefficient (Wildman–Crippen LogP) is 1.43. The number of aromatic nitrogens is 1. The summed E-state index contributed by atoms with van der Waals surface area (Å²) in [4.78, 5) is 30.0. The van der Waals surface area contributed by atoms with E-state index in [1.807, 2.05) is 12.1 Å². The van der Waals surface area contributed by atoms with E-state index in [0.717, 1.165) is 5.56 Å². The SMILES string of the molecule is N#CC1=C(NC(=O)CCc2cccnc2)SC2CN(C(=O)OCCO)CCC12. The Morgan fingerprint density at radius 1 is 1.50 bits per heavy atom. The number of aliphatic hydroxyl groups excluding tert-OH is 1. The van der Waals surface area contributed by atoms with E-state index in [-0.39, 0.29) is 30.3 Å². The summed E-state index contributed by atoms with van der Waals surface area (Å²) >= 11 is 1.44. The largest absolute Gasteiger partial charge is 0.447 e. The fourth-order valence-electron chi connectivity index (χ4n) is 3.36. The van der Waals surface area contributed by atoms with Crippen LogP contribution in [0.4, 0.5) is 4.79 Å². The standard InChI is InChI=1S/C19H22N4O4S/c20-10-15-14-5-7-23(19(26)27-9-8-24)12-16(14)28-18(15)22-17(25)4-3-13-2-1-6-21-11-13/h1-2,6,11,14,16,24H,3-5,7-9,12H2,(H,22,25). The first-order valence-corrected chi connectivity index (χ1v) is 10.0. The van der Waals surface area contributed by atoms with Crippen LogP contribution >= 0.6 is 11.8 Å². The zero-order chi connectivity index (χ0) is 19.9. The minimum absolute atomic E-state index is 0.0127. The summed E-state index contributed by atoms with van der Waals surface area (Å²) < 4.78 is 4.97. The molecule has 0 bridgehead atoms. The quantitative estimate of drug-likeness (QED) is 0.739. The number of fused-ring (bicyclic) bond motifs is 1. The second-order valence-corrected chi connectivity index (χ2v) is 7.85. The maximum atomic E-state index is 12.3. The highest BCUT2D eigenvalue weighted by Crippen LogP contribution is 2.44. The highest BCUT2D eigenvalue weighted by atomic mass is 32.2. The van der Waals surface area contributed by atoms with Crippen LogP contribution in [0.2, 0.25) is 0 Å². The Morgan fingerprint density at radius 3 is 3.07 bits per heavy atom. The van der Waals surface area contributed by atoms with E-state index in [9.17, 15) is 14.9 Å². The number of rotatable bonds is 6. The van der Waals surface area contributed by atoms with Crippen LogP contribution in [0.1, 0.15) is 18.4 Å². The van der Waals surface area contributed by atoms with E-state index >= 15 is 0 Å². The molecule has 2 amide bonds. The third-order valence-corrected chi connectivity index (χ3v) is 6.09. The van der Waals surface area contributed by atoms with Gasteiger partial charge in [0.15, 0.2) is 0 Å². The van der Waals surface area contributed by atoms with Crippen molar-refractivity contribution in [2.45, 2.75) is 24.5 Å². The van der Waals surface area contributed by atoms with E-state index in [0.29, 0.717) is 43.0 Å². The van der Waals surface area contributed by atoms with Gasteiger partial charge >= 0.3 is 6.09 Å². The van der Waals surface area contributed by atoms with Crippen molar-refractivity contribution in [1.29, 1.82) is 5.26 Å². The molecule has 3 heterocycles. The number of hydrogen-bond donors (Lipinski definition) is 2. The summed E-state index contributed by atoms with van der Waals surface area (Å²) in [5.74, 6) is -0.123. The number of pyridine rings is 1. The zero-order valence-corrected chi connectivity index (χ0v) is 16.2. The first-order valence-electron chi connectivity index (χ1n) is 9.14. The average Bonchev–Trinajstić information content (AvgIpc) is 3.07. The van der Waals surface area contributed by atoms with Crippen molar-refractivity contribution in [2.24, 2.45) is 5.92 Å². The number of allylic oxidation sites excluding steroid dienone is 1. The van der Waals surface area contributed by atoms with Crippen LogP contribution in [0.5, 0.6) is 0 Å². The molecule has 0 saturated carbocycles. The third kappa shape index (κ3) is 4.82. The van der Waals surface area contributed by atoms with E-state index < -0.39 is 6.09 Å². The molecular weight excluding hydrogens is 380 g/mol. The number of likely N-dealkylation sites (tertiary alicyclic amines) is 1. The Morgan fingerprint density at radius 2 is 2.36 bits per heavy atom. The second kappa shape index (κ2) is 9.57. The van der Waals surface area contributed by atoms with Crippen molar-refractivity contribution in [3.05, 3.63) is 40.7 Å². The van der Waals surface area contributed by atoms with Crippen molar-refractivity contribution >= 4 is 23.8 Å². The van der Waals surface area contributed by atoms with Gasteiger partial charge < -0.3 is 20.1 Å². The Hall–Kier alpha value is -2.57. The van der Waals surface area contributed by atoms with Gasteiger partial charge in [-0.3, -0.25) is 9.78 Å². The maximum Gasteiger partial charge on any atom is 0.409 e. The molecule has 2 unspecified atom stereocenters. The molecule has 0 spiro atoms. The Balaban J connectivity index is 1.56. The normalized spacial score (nSPS) is 21.1. The van der Waals surface area contributed by atoms with Crippen molar-refractivity contribution in [2.75, 3.05) is 26.3 Å². The molecule has 28 heavy (non-hydrogen) atoms. The second-order valence-electron chi connectivity index (χ2n) is 6.60. The van der Waals surface area contributed by atoms with Gasteiger partial charge in [-0.05, 0) is 24.5 Å². The number of carbonyl (C=O) groups excluding carboxylic acids is 2. The maximum absolute atomic E-state index is 12.3. The van der Waals surface area contributed by atoms with Crippen LogP contribution in [0.25, 0.3) is 0 Å². The smallest absolute Gasteiger partial charge is 0.409 e. The summed E-state index contributed by atoms with van der Waals surface area (Å²) in [5, 5.41) is 21.8. The van der Waals surface area contributed by atoms with Crippen LogP contribution in [0.15, 0.2) is 35.1 Å². The monoisotopic (exact) mass is 402 g/mol. The third-order valence-electron chi connectivity index (χ3n) is 4.76. The average molecular weight is 402 g/mol. The number of amides is 2. The zero-order valence-electron chi connectivity index (χ0n) is 15.3. The fraction of sp³-hybridized carbons (Fsp3) is 0.474. The number of aliphatic hydroxyl groups is 1. The highest BCUT2D eigenvalue weighted by Gasteiger charge is 2.41. The van der Waals surface area contributed by atoms with Crippen molar-refractivity contribution in [3.63, 3.8) is 0 Å². The molecule has 9 heteroatoms. The molecular formula is C19H22N4O4S. The number of nitriles is 1. The minimum Gasteiger partial charge on any atom is -0.447 e. The van der Waals surface area contributed by atoms with Gasteiger partial charge in [-0.1, -0.05) is 6.07 Å². The summed E-state index contributed by atoms with van der Waals surface area (Å²) in [6, 6.07) is 5.99. The molecule has 1 aromatic rings. The van der Waals surface area contributed by atoms with Gasteiger partial charge in [0.05, 0.1) is 23.3 Å². The Kier molecular flexibility index (Phi) is 6.90. The minimum atomic E-state index is -0.458. The molecule has 3 rings (SSSR count). The van der Waals surface area contributed by atoms with E-state index in [4.69, 9.17) is 9.84 Å². The summed E-state index contributed by atoms with van der Waals surface area (Å²) in [6.07, 6.45) is 4.49.